The molecule has 0 atom stereocenters. The molecule has 0 unspecified atom stereocenters. The second-order valence-corrected chi connectivity index (χ2v) is 17.4. The van der Waals surface area contributed by atoms with Gasteiger partial charge in [0.1, 0.15) is 0 Å². The van der Waals surface area contributed by atoms with Crippen LogP contribution in [0.15, 0.2) is 0 Å². The summed E-state index contributed by atoms with van der Waals surface area (Å²) in [5.74, 6) is 0. The van der Waals surface area contributed by atoms with Gasteiger partial charge in [-0.2, -0.15) is 0 Å². The van der Waals surface area contributed by atoms with E-state index in [4.69, 9.17) is 8.23 Å². The fourth-order valence-corrected chi connectivity index (χ4v) is 8.70. The molecule has 2 nitrogen and oxygen atoms in total. The normalized spacial score (nSPS) is 13.6. The molecule has 0 saturated carbocycles. The summed E-state index contributed by atoms with van der Waals surface area (Å²) in [6.45, 7) is 15.6. The molecule has 91 valence electrons. The molecule has 0 aromatic rings. The first-order valence-electron chi connectivity index (χ1n) is 5.83. The average molecular weight is 264 g/mol. The second kappa shape index (κ2) is 6.34. The van der Waals surface area contributed by atoms with Gasteiger partial charge >= 0.3 is 9.28 Å². The second-order valence-electron chi connectivity index (χ2n) is 5.85. The van der Waals surface area contributed by atoms with Gasteiger partial charge in [-0.1, -0.05) is 13.3 Å². The van der Waals surface area contributed by atoms with Gasteiger partial charge in [0, 0.05) is 6.04 Å². The predicted molar refractivity (Wildman–Crippen MR) is 75.2 cm³/mol. The Balaban J connectivity index is 4.19. The number of unbranched alkanes of at least 4 members (excludes halogenated alkanes) is 1. The molecule has 0 aromatic carbocycles. The first kappa shape index (κ1) is 15.6. The summed E-state index contributed by atoms with van der Waals surface area (Å²) in [5.41, 5.74) is 0. The Bertz CT molecular complexity index is 156. The van der Waals surface area contributed by atoms with Crippen molar-refractivity contribution in [3.05, 3.63) is 6.04 Å². The molecule has 15 heavy (non-hydrogen) atoms. The minimum atomic E-state index is -1.50. The third kappa shape index (κ3) is 10.8. The van der Waals surface area contributed by atoms with Gasteiger partial charge in [-0.05, 0) is 45.7 Å². The van der Waals surface area contributed by atoms with Crippen molar-refractivity contribution >= 4 is 25.9 Å². The van der Waals surface area contributed by atoms with Gasteiger partial charge in [-0.3, -0.25) is 0 Å². The smallest absolute Gasteiger partial charge is 0.304 e. The zero-order valence-electron chi connectivity index (χ0n) is 11.4. The summed E-state index contributed by atoms with van der Waals surface area (Å²) in [4.78, 5) is 0. The van der Waals surface area contributed by atoms with Crippen LogP contribution in [0.25, 0.3) is 0 Å². The summed E-state index contributed by atoms with van der Waals surface area (Å²) in [5, 5.41) is 0. The maximum absolute atomic E-state index is 6.15. The van der Waals surface area contributed by atoms with Gasteiger partial charge in [0.15, 0.2) is 16.6 Å². The highest BCUT2D eigenvalue weighted by atomic mass is 28.4. The molecule has 5 heteroatoms. The third-order valence-corrected chi connectivity index (χ3v) is 9.82. The molecule has 0 spiro atoms. The van der Waals surface area contributed by atoms with Gasteiger partial charge in [0.2, 0.25) is 0 Å². The van der Waals surface area contributed by atoms with Crippen LogP contribution in [-0.2, 0) is 8.23 Å². The van der Waals surface area contributed by atoms with Gasteiger partial charge in [-0.15, -0.1) is 0 Å². The highest BCUT2D eigenvalue weighted by Gasteiger charge is 2.28. The topological polar surface area (TPSA) is 18.5 Å². The lowest BCUT2D eigenvalue weighted by Crippen LogP contribution is -2.43. The van der Waals surface area contributed by atoms with E-state index < -0.39 is 25.9 Å². The summed E-state index contributed by atoms with van der Waals surface area (Å²) in [6.07, 6.45) is 2.32. The lowest BCUT2D eigenvalue weighted by atomic mass is 10.4. The minimum Gasteiger partial charge on any atom is -0.439 e. The molecule has 0 aliphatic heterocycles. The quantitative estimate of drug-likeness (QED) is 0.655. The van der Waals surface area contributed by atoms with Gasteiger partial charge in [-0.25, -0.2) is 0 Å². The van der Waals surface area contributed by atoms with Crippen LogP contribution in [0.1, 0.15) is 19.8 Å². The molecular weight excluding hydrogens is 236 g/mol. The van der Waals surface area contributed by atoms with Gasteiger partial charge < -0.3 is 8.23 Å². The Kier molecular flexibility index (Phi) is 6.58. The maximum Gasteiger partial charge on any atom is 0.304 e. The summed E-state index contributed by atoms with van der Waals surface area (Å²) < 4.78 is 12.3. The van der Waals surface area contributed by atoms with Crippen molar-refractivity contribution in [3.63, 3.8) is 0 Å². The zero-order chi connectivity index (χ0) is 12.1. The van der Waals surface area contributed by atoms with Crippen LogP contribution < -0.4 is 0 Å². The highest BCUT2D eigenvalue weighted by Crippen LogP contribution is 2.14. The molecule has 0 heterocycles. The first-order valence-corrected chi connectivity index (χ1v) is 14.3. The Morgan fingerprint density at radius 2 is 1.33 bits per heavy atom. The number of hydrogen-bond acceptors (Lipinski definition) is 2. The van der Waals surface area contributed by atoms with Gasteiger partial charge in [0.25, 0.3) is 0 Å². The summed E-state index contributed by atoms with van der Waals surface area (Å²) in [6, 6.07) is 2.32. The predicted octanol–water partition coefficient (Wildman–Crippen LogP) is 3.45. The lowest BCUT2D eigenvalue weighted by molar-refractivity contribution is 0.426. The fraction of sp³-hybridized carbons (Fsp3) is 0.900. The molecule has 0 saturated heterocycles. The Hall–Kier alpha value is 0.571. The molecule has 0 aliphatic rings. The van der Waals surface area contributed by atoms with Crippen molar-refractivity contribution in [2.45, 2.75) is 59.0 Å². The largest absolute Gasteiger partial charge is 0.439 e. The van der Waals surface area contributed by atoms with E-state index in [1.54, 1.807) is 0 Å². The molecule has 0 N–H and O–H groups in total. The van der Waals surface area contributed by atoms with Crippen molar-refractivity contribution in [2.24, 2.45) is 0 Å². The molecule has 0 fully saturated rings. The number of hydrogen-bond donors (Lipinski definition) is 0. The van der Waals surface area contributed by atoms with Crippen LogP contribution in [0.2, 0.25) is 39.3 Å². The van der Waals surface area contributed by atoms with E-state index >= 15 is 0 Å². The first-order chi connectivity index (χ1) is 6.64. The van der Waals surface area contributed by atoms with Crippen molar-refractivity contribution in [1.82, 2.24) is 0 Å². The van der Waals surface area contributed by atoms with Crippen LogP contribution in [0.5, 0.6) is 0 Å². The molecular formula is C10H27O2Si3. The van der Waals surface area contributed by atoms with E-state index in [9.17, 15) is 0 Å². The van der Waals surface area contributed by atoms with E-state index in [2.05, 4.69) is 52.2 Å². The van der Waals surface area contributed by atoms with E-state index in [0.29, 0.717) is 0 Å². The fourth-order valence-electron chi connectivity index (χ4n) is 1.12. The molecule has 0 aromatic heterocycles. The van der Waals surface area contributed by atoms with E-state index in [0.717, 1.165) is 6.42 Å². The third-order valence-electron chi connectivity index (χ3n) is 1.59. The summed E-state index contributed by atoms with van der Waals surface area (Å²) in [7, 11) is -4.39. The lowest BCUT2D eigenvalue weighted by Gasteiger charge is -2.30. The monoisotopic (exact) mass is 263 g/mol. The van der Waals surface area contributed by atoms with E-state index in [-0.39, 0.29) is 0 Å². The van der Waals surface area contributed by atoms with Gasteiger partial charge in [0.05, 0.1) is 0 Å². The Morgan fingerprint density at radius 1 is 0.933 bits per heavy atom. The van der Waals surface area contributed by atoms with E-state index in [1.807, 2.05) is 0 Å². The molecule has 0 bridgehead atoms. The van der Waals surface area contributed by atoms with Crippen LogP contribution >= 0.6 is 0 Å². The van der Waals surface area contributed by atoms with Crippen LogP contribution in [0.4, 0.5) is 0 Å². The van der Waals surface area contributed by atoms with Crippen molar-refractivity contribution < 1.29 is 8.23 Å². The minimum absolute atomic E-state index is 1.13. The van der Waals surface area contributed by atoms with Crippen LogP contribution in [-0.4, -0.2) is 25.9 Å². The molecule has 1 radical (unpaired) electrons. The maximum atomic E-state index is 6.15. The summed E-state index contributed by atoms with van der Waals surface area (Å²) >= 11 is 0. The average Bonchev–Trinajstić information content (AvgIpc) is 1.94. The van der Waals surface area contributed by atoms with Crippen molar-refractivity contribution in [1.29, 1.82) is 0 Å². The molecule has 0 rings (SSSR count). The van der Waals surface area contributed by atoms with Crippen molar-refractivity contribution in [3.8, 4) is 0 Å². The SMILES string of the molecule is CCC[CH][SiH](O[Si](C)(C)C)O[Si](C)(C)C. The zero-order valence-corrected chi connectivity index (χ0v) is 14.5. The van der Waals surface area contributed by atoms with E-state index in [1.165, 1.54) is 6.42 Å². The van der Waals surface area contributed by atoms with Crippen molar-refractivity contribution in [2.75, 3.05) is 0 Å². The highest BCUT2D eigenvalue weighted by molar-refractivity contribution is 6.81. The Labute approximate surface area is 99.5 Å². The van der Waals surface area contributed by atoms with Crippen LogP contribution in [0.3, 0.4) is 0 Å². The molecule has 0 aliphatic carbocycles. The molecule has 0 amide bonds. The Morgan fingerprint density at radius 3 is 1.60 bits per heavy atom. The standard InChI is InChI=1S/C10H27O2Si3/c1-8-9-10-13(11-14(2,3)4)12-15(5,6)7/h10,13H,8-9H2,1-7H3. The van der Waals surface area contributed by atoms with Crippen LogP contribution in [0, 0.1) is 6.04 Å². The number of rotatable bonds is 7.